The molecule has 118 valence electrons. The van der Waals surface area contributed by atoms with Gasteiger partial charge >= 0.3 is 4.87 Å². The minimum absolute atomic E-state index is 0.000595. The molecule has 1 aromatic heterocycles. The average Bonchev–Trinajstić information content (AvgIpc) is 2.73. The van der Waals surface area contributed by atoms with Crippen LogP contribution in [0.5, 0.6) is 0 Å². The lowest BCUT2D eigenvalue weighted by Gasteiger charge is -2.40. The number of nitrogens with zero attached hydrogens (tertiary/aromatic N) is 2. The van der Waals surface area contributed by atoms with E-state index in [2.05, 4.69) is 6.92 Å². The molecule has 1 fully saturated rings. The van der Waals surface area contributed by atoms with Gasteiger partial charge < -0.3 is 10.0 Å². The number of thiazole rings is 1. The van der Waals surface area contributed by atoms with Crippen LogP contribution in [-0.4, -0.2) is 40.2 Å². The predicted octanol–water partition coefficient (Wildman–Crippen LogP) is 1.54. The van der Waals surface area contributed by atoms with Gasteiger partial charge in [-0.25, -0.2) is 0 Å². The van der Waals surface area contributed by atoms with Gasteiger partial charge in [0.25, 0.3) is 0 Å². The minimum Gasteiger partial charge on any atom is -0.396 e. The van der Waals surface area contributed by atoms with E-state index >= 15 is 0 Å². The number of likely N-dealkylation sites (tertiary alicyclic amines) is 1. The quantitative estimate of drug-likeness (QED) is 0.917. The summed E-state index contributed by atoms with van der Waals surface area (Å²) in [5.74, 6) is 0.000595. The molecule has 2 rings (SSSR count). The molecule has 21 heavy (non-hydrogen) atoms. The van der Waals surface area contributed by atoms with Crippen LogP contribution in [0.1, 0.15) is 36.8 Å². The number of aliphatic hydroxyl groups is 1. The van der Waals surface area contributed by atoms with Gasteiger partial charge in [0.05, 0.1) is 0 Å². The standard InChI is InChI=1S/C15H24N2O3S/c1-4-15(10-18)5-7-16(8-6-15)13(19)9-17-11(2)12(3)21-14(17)20/h18H,4-10H2,1-3H3. The second-order valence-corrected chi connectivity index (χ2v) is 7.15. The van der Waals surface area contributed by atoms with Crippen LogP contribution in [0.3, 0.4) is 0 Å². The highest BCUT2D eigenvalue weighted by Crippen LogP contribution is 2.34. The summed E-state index contributed by atoms with van der Waals surface area (Å²) < 4.78 is 1.57. The van der Waals surface area contributed by atoms with Crippen molar-refractivity contribution >= 4 is 17.2 Å². The van der Waals surface area contributed by atoms with Crippen molar-refractivity contribution in [2.75, 3.05) is 19.7 Å². The van der Waals surface area contributed by atoms with Gasteiger partial charge in [0.1, 0.15) is 6.54 Å². The van der Waals surface area contributed by atoms with Crippen molar-refractivity contribution < 1.29 is 9.90 Å². The highest BCUT2D eigenvalue weighted by Gasteiger charge is 2.33. The zero-order valence-electron chi connectivity index (χ0n) is 13.0. The van der Waals surface area contributed by atoms with Crippen molar-refractivity contribution in [2.24, 2.45) is 5.41 Å². The molecule has 1 N–H and O–H groups in total. The average molecular weight is 312 g/mol. The molecule has 2 heterocycles. The lowest BCUT2D eigenvalue weighted by atomic mass is 9.77. The zero-order valence-corrected chi connectivity index (χ0v) is 13.8. The summed E-state index contributed by atoms with van der Waals surface area (Å²) in [6.07, 6.45) is 2.61. The van der Waals surface area contributed by atoms with E-state index < -0.39 is 0 Å². The Morgan fingerprint density at radius 3 is 2.38 bits per heavy atom. The van der Waals surface area contributed by atoms with Crippen LogP contribution in [0.15, 0.2) is 4.79 Å². The maximum atomic E-state index is 12.4. The number of aromatic nitrogens is 1. The van der Waals surface area contributed by atoms with E-state index in [0.29, 0.717) is 13.1 Å². The topological polar surface area (TPSA) is 62.5 Å². The van der Waals surface area contributed by atoms with Gasteiger partial charge in [0, 0.05) is 30.3 Å². The van der Waals surface area contributed by atoms with Crippen LogP contribution >= 0.6 is 11.3 Å². The molecular formula is C15H24N2O3S. The van der Waals surface area contributed by atoms with E-state index in [1.54, 1.807) is 4.57 Å². The van der Waals surface area contributed by atoms with Crippen LogP contribution in [0, 0.1) is 19.3 Å². The number of rotatable bonds is 4. The fourth-order valence-corrected chi connectivity index (χ4v) is 3.69. The molecular weight excluding hydrogens is 288 g/mol. The Hall–Kier alpha value is -1.14. The first-order valence-corrected chi connectivity index (χ1v) is 8.29. The van der Waals surface area contributed by atoms with Gasteiger partial charge in [-0.2, -0.15) is 0 Å². The molecule has 5 nitrogen and oxygen atoms in total. The number of hydrogen-bond donors (Lipinski definition) is 1. The maximum absolute atomic E-state index is 12.4. The van der Waals surface area contributed by atoms with E-state index in [1.807, 2.05) is 18.7 Å². The highest BCUT2D eigenvalue weighted by molar-refractivity contribution is 7.09. The molecule has 0 saturated carbocycles. The number of carbonyl (C=O) groups is 1. The van der Waals surface area contributed by atoms with Crippen molar-refractivity contribution in [3.63, 3.8) is 0 Å². The minimum atomic E-state index is -0.0615. The lowest BCUT2D eigenvalue weighted by Crippen LogP contribution is -2.46. The lowest BCUT2D eigenvalue weighted by molar-refractivity contribution is -0.134. The molecule has 0 bridgehead atoms. The van der Waals surface area contributed by atoms with Gasteiger partial charge in [-0.05, 0) is 38.5 Å². The van der Waals surface area contributed by atoms with Crippen LogP contribution in [0.2, 0.25) is 0 Å². The highest BCUT2D eigenvalue weighted by atomic mass is 32.1. The smallest absolute Gasteiger partial charge is 0.308 e. The molecule has 0 unspecified atom stereocenters. The third-order valence-electron chi connectivity index (χ3n) is 4.93. The van der Waals surface area contributed by atoms with Gasteiger partial charge in [-0.3, -0.25) is 14.2 Å². The number of carbonyl (C=O) groups excluding carboxylic acids is 1. The summed E-state index contributed by atoms with van der Waals surface area (Å²) in [6, 6.07) is 0. The second-order valence-electron chi connectivity index (χ2n) is 5.99. The number of amides is 1. The van der Waals surface area contributed by atoms with E-state index in [1.165, 1.54) is 11.3 Å². The molecule has 0 spiro atoms. The Kier molecular flexibility index (Phi) is 4.88. The Morgan fingerprint density at radius 1 is 1.33 bits per heavy atom. The van der Waals surface area contributed by atoms with Crippen LogP contribution in [0.4, 0.5) is 0 Å². The SMILES string of the molecule is CCC1(CO)CCN(C(=O)Cn2c(C)c(C)sc2=O)CC1. The summed E-state index contributed by atoms with van der Waals surface area (Å²) in [7, 11) is 0. The number of piperidine rings is 1. The zero-order chi connectivity index (χ0) is 15.6. The van der Waals surface area contributed by atoms with Gasteiger partial charge in [0.2, 0.25) is 5.91 Å². The largest absolute Gasteiger partial charge is 0.396 e. The summed E-state index contributed by atoms with van der Waals surface area (Å²) in [5, 5.41) is 9.53. The van der Waals surface area contributed by atoms with E-state index in [4.69, 9.17) is 0 Å². The van der Waals surface area contributed by atoms with Crippen molar-refractivity contribution in [2.45, 2.75) is 46.6 Å². The maximum Gasteiger partial charge on any atom is 0.308 e. The van der Waals surface area contributed by atoms with E-state index in [-0.39, 0.29) is 29.3 Å². The molecule has 1 aliphatic rings. The summed E-state index contributed by atoms with van der Waals surface area (Å²) in [4.78, 5) is 27.0. The Balaban J connectivity index is 2.01. The third-order valence-corrected chi connectivity index (χ3v) is 5.93. The number of aliphatic hydroxyl groups excluding tert-OH is 1. The van der Waals surface area contributed by atoms with E-state index in [9.17, 15) is 14.7 Å². The molecule has 0 atom stereocenters. The van der Waals surface area contributed by atoms with Gasteiger partial charge in [-0.15, -0.1) is 0 Å². The summed E-state index contributed by atoms with van der Waals surface area (Å²) in [5.41, 5.74) is 0.858. The first kappa shape index (κ1) is 16.2. The summed E-state index contributed by atoms with van der Waals surface area (Å²) in [6.45, 7) is 7.53. The summed E-state index contributed by atoms with van der Waals surface area (Å²) >= 11 is 1.20. The Morgan fingerprint density at radius 2 is 1.95 bits per heavy atom. The second kappa shape index (κ2) is 6.32. The van der Waals surface area contributed by atoms with Crippen molar-refractivity contribution in [1.29, 1.82) is 0 Å². The molecule has 0 radical (unpaired) electrons. The molecule has 1 amide bonds. The van der Waals surface area contributed by atoms with Crippen LogP contribution in [-0.2, 0) is 11.3 Å². The normalized spacial score (nSPS) is 18.0. The molecule has 0 aliphatic carbocycles. The molecule has 1 aromatic rings. The first-order valence-electron chi connectivity index (χ1n) is 7.48. The molecule has 1 aliphatic heterocycles. The van der Waals surface area contributed by atoms with Crippen molar-refractivity contribution in [3.05, 3.63) is 20.2 Å². The van der Waals surface area contributed by atoms with Gasteiger partial charge in [0.15, 0.2) is 0 Å². The first-order chi connectivity index (χ1) is 9.92. The number of hydrogen-bond acceptors (Lipinski definition) is 4. The fraction of sp³-hybridized carbons (Fsp3) is 0.733. The van der Waals surface area contributed by atoms with Crippen molar-refractivity contribution in [1.82, 2.24) is 9.47 Å². The van der Waals surface area contributed by atoms with Crippen LogP contribution in [0.25, 0.3) is 0 Å². The molecule has 6 heteroatoms. The number of aryl methyl sites for hydroxylation is 1. The van der Waals surface area contributed by atoms with Crippen molar-refractivity contribution in [3.8, 4) is 0 Å². The predicted molar refractivity (Wildman–Crippen MR) is 83.7 cm³/mol. The van der Waals surface area contributed by atoms with Gasteiger partial charge in [-0.1, -0.05) is 18.3 Å². The molecule has 0 aromatic carbocycles. The monoisotopic (exact) mass is 312 g/mol. The van der Waals surface area contributed by atoms with Crippen LogP contribution < -0.4 is 4.87 Å². The van der Waals surface area contributed by atoms with E-state index in [0.717, 1.165) is 29.8 Å². The fourth-order valence-electron chi connectivity index (χ4n) is 2.86. The Labute approximate surface area is 129 Å². The molecule has 1 saturated heterocycles. The Bertz CT molecular complexity index is 562. The third kappa shape index (κ3) is 3.21.